The summed E-state index contributed by atoms with van der Waals surface area (Å²) >= 11 is 0. The van der Waals surface area contributed by atoms with Gasteiger partial charge in [-0.15, -0.1) is 0 Å². The standard InChI is InChI=1S/C26H22N2O4/c1-28(24(25(29)30)14-17-7-6-8-18(13-17)15-27)26(31)32-16-23-21-11-4-2-9-19(21)20-10-3-5-12-22(20)23/h2-13,23-24H,14,16H2,1H3,(H,29,30)/t24-/m1/s1. The first-order valence-corrected chi connectivity index (χ1v) is 10.3. The quantitative estimate of drug-likeness (QED) is 0.629. The number of ether oxygens (including phenoxy) is 1. The number of nitriles is 1. The number of aliphatic carboxylic acids is 1. The Hall–Kier alpha value is -4.11. The summed E-state index contributed by atoms with van der Waals surface area (Å²) in [4.78, 5) is 25.8. The number of likely N-dealkylation sites (N-methyl/N-ethyl adjacent to an activating group) is 1. The number of hydrogen-bond donors (Lipinski definition) is 1. The van der Waals surface area contributed by atoms with Crippen molar-refractivity contribution in [2.45, 2.75) is 18.4 Å². The number of carbonyl (C=O) groups excluding carboxylic acids is 1. The Bertz CT molecular complexity index is 1170. The van der Waals surface area contributed by atoms with E-state index in [1.165, 1.54) is 7.05 Å². The number of carboxylic acids is 1. The maximum atomic E-state index is 12.8. The lowest BCUT2D eigenvalue weighted by Gasteiger charge is -2.25. The van der Waals surface area contributed by atoms with E-state index in [0.29, 0.717) is 11.1 Å². The fraction of sp³-hybridized carbons (Fsp3) is 0.192. The van der Waals surface area contributed by atoms with E-state index in [0.717, 1.165) is 27.2 Å². The summed E-state index contributed by atoms with van der Waals surface area (Å²) in [7, 11) is 1.42. The number of benzene rings is 3. The number of carboxylic acid groups (broad SMARTS) is 1. The molecule has 0 saturated carbocycles. The lowest BCUT2D eigenvalue weighted by atomic mass is 9.98. The molecule has 1 aliphatic rings. The lowest BCUT2D eigenvalue weighted by Crippen LogP contribution is -2.44. The predicted molar refractivity (Wildman–Crippen MR) is 119 cm³/mol. The number of amides is 1. The lowest BCUT2D eigenvalue weighted by molar-refractivity contribution is -0.142. The van der Waals surface area contributed by atoms with Gasteiger partial charge in [0.05, 0.1) is 11.6 Å². The van der Waals surface area contributed by atoms with E-state index >= 15 is 0 Å². The highest BCUT2D eigenvalue weighted by atomic mass is 16.6. The maximum absolute atomic E-state index is 12.8. The molecule has 6 nitrogen and oxygen atoms in total. The average molecular weight is 426 g/mol. The Morgan fingerprint density at radius 2 is 1.66 bits per heavy atom. The highest BCUT2D eigenvalue weighted by Gasteiger charge is 2.32. The fourth-order valence-electron chi connectivity index (χ4n) is 4.20. The molecule has 1 N–H and O–H groups in total. The second kappa shape index (κ2) is 8.94. The number of fused-ring (bicyclic) bond motifs is 3. The largest absolute Gasteiger partial charge is 0.480 e. The summed E-state index contributed by atoms with van der Waals surface area (Å²) in [6.45, 7) is 0.119. The third kappa shape index (κ3) is 4.06. The summed E-state index contributed by atoms with van der Waals surface area (Å²) < 4.78 is 5.59. The van der Waals surface area contributed by atoms with Crippen LogP contribution in [-0.4, -0.2) is 41.8 Å². The van der Waals surface area contributed by atoms with E-state index < -0.39 is 18.1 Å². The van der Waals surface area contributed by atoms with Crippen LogP contribution in [0.25, 0.3) is 11.1 Å². The molecule has 0 spiro atoms. The molecule has 0 heterocycles. The molecule has 0 fully saturated rings. The molecule has 0 aromatic heterocycles. The van der Waals surface area contributed by atoms with Crippen LogP contribution in [0.15, 0.2) is 72.8 Å². The molecule has 1 atom stereocenters. The third-order valence-electron chi connectivity index (χ3n) is 5.86. The van der Waals surface area contributed by atoms with Gasteiger partial charge in [-0.3, -0.25) is 4.90 Å². The maximum Gasteiger partial charge on any atom is 0.410 e. The molecule has 160 valence electrons. The monoisotopic (exact) mass is 426 g/mol. The second-order valence-electron chi connectivity index (χ2n) is 7.79. The van der Waals surface area contributed by atoms with Crippen molar-refractivity contribution in [1.82, 2.24) is 4.90 Å². The minimum Gasteiger partial charge on any atom is -0.480 e. The molecule has 0 unspecified atom stereocenters. The van der Waals surface area contributed by atoms with Crippen LogP contribution in [0.2, 0.25) is 0 Å². The van der Waals surface area contributed by atoms with Crippen LogP contribution in [0.5, 0.6) is 0 Å². The van der Waals surface area contributed by atoms with Crippen molar-refractivity contribution in [3.05, 3.63) is 95.1 Å². The van der Waals surface area contributed by atoms with Crippen molar-refractivity contribution in [2.75, 3.05) is 13.7 Å². The zero-order valence-electron chi connectivity index (χ0n) is 17.6. The van der Waals surface area contributed by atoms with E-state index in [4.69, 9.17) is 10.00 Å². The normalized spacial score (nSPS) is 12.9. The van der Waals surface area contributed by atoms with Crippen LogP contribution in [-0.2, 0) is 16.0 Å². The first kappa shape index (κ1) is 21.1. The molecular formula is C26H22N2O4. The Kier molecular flexibility index (Phi) is 5.91. The van der Waals surface area contributed by atoms with Crippen LogP contribution in [0.4, 0.5) is 4.79 Å². The summed E-state index contributed by atoms with van der Waals surface area (Å²) in [5.74, 6) is -1.24. The summed E-state index contributed by atoms with van der Waals surface area (Å²) in [6, 6.07) is 23.7. The van der Waals surface area contributed by atoms with E-state index in [1.807, 2.05) is 42.5 Å². The Balaban J connectivity index is 1.48. The smallest absolute Gasteiger partial charge is 0.410 e. The van der Waals surface area contributed by atoms with Gasteiger partial charge in [-0.1, -0.05) is 60.7 Å². The van der Waals surface area contributed by atoms with E-state index in [-0.39, 0.29) is 18.9 Å². The average Bonchev–Trinajstić information content (AvgIpc) is 3.14. The molecule has 1 aliphatic carbocycles. The Labute approximate surface area is 186 Å². The van der Waals surface area contributed by atoms with Crippen LogP contribution >= 0.6 is 0 Å². The van der Waals surface area contributed by atoms with E-state index in [2.05, 4.69) is 12.1 Å². The second-order valence-corrected chi connectivity index (χ2v) is 7.79. The molecule has 0 aliphatic heterocycles. The van der Waals surface area contributed by atoms with Crippen LogP contribution < -0.4 is 0 Å². The van der Waals surface area contributed by atoms with Crippen LogP contribution in [0, 0.1) is 11.3 Å². The van der Waals surface area contributed by atoms with Crippen LogP contribution in [0.3, 0.4) is 0 Å². The van der Waals surface area contributed by atoms with Gasteiger partial charge in [0.25, 0.3) is 0 Å². The SMILES string of the molecule is CN(C(=O)OCC1c2ccccc2-c2ccccc21)[C@H](Cc1cccc(C#N)c1)C(=O)O. The molecule has 1 amide bonds. The first-order valence-electron chi connectivity index (χ1n) is 10.3. The molecule has 6 heteroatoms. The summed E-state index contributed by atoms with van der Waals surface area (Å²) in [6.07, 6.45) is -0.623. The predicted octanol–water partition coefficient (Wildman–Crippen LogP) is 4.43. The molecule has 0 saturated heterocycles. The van der Waals surface area contributed by atoms with Gasteiger partial charge in [-0.05, 0) is 39.9 Å². The third-order valence-corrected chi connectivity index (χ3v) is 5.86. The van der Waals surface area contributed by atoms with Gasteiger partial charge in [0, 0.05) is 19.4 Å². The molecule has 0 bridgehead atoms. The number of nitrogens with zero attached hydrogens (tertiary/aromatic N) is 2. The van der Waals surface area contributed by atoms with E-state index in [1.54, 1.807) is 24.3 Å². The van der Waals surface area contributed by atoms with E-state index in [9.17, 15) is 14.7 Å². The number of rotatable bonds is 6. The molecule has 4 rings (SSSR count). The Morgan fingerprint density at radius 3 is 2.25 bits per heavy atom. The Morgan fingerprint density at radius 1 is 1.03 bits per heavy atom. The van der Waals surface area contributed by atoms with Gasteiger partial charge in [-0.2, -0.15) is 5.26 Å². The summed E-state index contributed by atoms with van der Waals surface area (Å²) in [5.41, 5.74) is 5.53. The van der Waals surface area contributed by atoms with Crippen molar-refractivity contribution < 1.29 is 19.4 Å². The molecule has 3 aromatic carbocycles. The zero-order chi connectivity index (χ0) is 22.7. The zero-order valence-corrected chi connectivity index (χ0v) is 17.6. The van der Waals surface area contributed by atoms with Gasteiger partial charge < -0.3 is 9.84 Å². The minimum absolute atomic E-state index is 0.0749. The molecule has 32 heavy (non-hydrogen) atoms. The topological polar surface area (TPSA) is 90.6 Å². The molecular weight excluding hydrogens is 404 g/mol. The minimum atomic E-state index is -1.14. The van der Waals surface area contributed by atoms with Crippen molar-refractivity contribution >= 4 is 12.1 Å². The van der Waals surface area contributed by atoms with Crippen molar-refractivity contribution in [2.24, 2.45) is 0 Å². The fourth-order valence-corrected chi connectivity index (χ4v) is 4.20. The van der Waals surface area contributed by atoms with Gasteiger partial charge in [0.2, 0.25) is 0 Å². The van der Waals surface area contributed by atoms with Gasteiger partial charge in [-0.25, -0.2) is 9.59 Å². The van der Waals surface area contributed by atoms with Crippen molar-refractivity contribution in [3.8, 4) is 17.2 Å². The van der Waals surface area contributed by atoms with Gasteiger partial charge in [0.15, 0.2) is 0 Å². The van der Waals surface area contributed by atoms with Crippen molar-refractivity contribution in [3.63, 3.8) is 0 Å². The number of hydrogen-bond acceptors (Lipinski definition) is 4. The van der Waals surface area contributed by atoms with Gasteiger partial charge >= 0.3 is 12.1 Å². The molecule has 0 radical (unpaired) electrons. The number of carbonyl (C=O) groups is 2. The van der Waals surface area contributed by atoms with Gasteiger partial charge in [0.1, 0.15) is 12.6 Å². The first-order chi connectivity index (χ1) is 15.5. The van der Waals surface area contributed by atoms with Crippen LogP contribution in [0.1, 0.15) is 28.2 Å². The highest BCUT2D eigenvalue weighted by Crippen LogP contribution is 2.44. The summed E-state index contributed by atoms with van der Waals surface area (Å²) in [5, 5.41) is 18.8. The molecule has 3 aromatic rings. The highest BCUT2D eigenvalue weighted by molar-refractivity contribution is 5.81. The van der Waals surface area contributed by atoms with Crippen molar-refractivity contribution in [1.29, 1.82) is 5.26 Å².